The third-order valence-electron chi connectivity index (χ3n) is 2.92. The normalized spacial score (nSPS) is 10.1. The molecular weight excluding hydrogens is 260 g/mol. The van der Waals surface area contributed by atoms with Crippen molar-refractivity contribution >= 4 is 28.9 Å². The lowest BCUT2D eigenvalue weighted by molar-refractivity contribution is -0.136. The van der Waals surface area contributed by atoms with Gasteiger partial charge in [-0.15, -0.1) is 0 Å². The van der Waals surface area contributed by atoms with E-state index in [1.165, 1.54) is 6.92 Å². The summed E-state index contributed by atoms with van der Waals surface area (Å²) in [4.78, 5) is 55.8. The van der Waals surface area contributed by atoms with Crippen molar-refractivity contribution in [2.24, 2.45) is 0 Å². The van der Waals surface area contributed by atoms with Crippen molar-refractivity contribution in [1.82, 2.24) is 0 Å². The number of ketones is 5. The zero-order valence-corrected chi connectivity index (χ0v) is 12.2. The highest BCUT2D eigenvalue weighted by Crippen LogP contribution is 2.05. The average Bonchev–Trinajstić information content (AvgIpc) is 2.40. The first-order valence-corrected chi connectivity index (χ1v) is 6.95. The molecule has 0 aliphatic carbocycles. The van der Waals surface area contributed by atoms with E-state index in [9.17, 15) is 24.0 Å². The van der Waals surface area contributed by atoms with E-state index in [0.717, 1.165) is 6.42 Å². The Morgan fingerprint density at radius 2 is 0.950 bits per heavy atom. The summed E-state index contributed by atoms with van der Waals surface area (Å²) < 4.78 is 0. The van der Waals surface area contributed by atoms with Gasteiger partial charge >= 0.3 is 0 Å². The minimum Gasteiger partial charge on any atom is -0.300 e. The van der Waals surface area contributed by atoms with Gasteiger partial charge in [0, 0.05) is 51.9 Å². The van der Waals surface area contributed by atoms with Gasteiger partial charge in [0.2, 0.25) is 0 Å². The molecule has 0 bridgehead atoms. The van der Waals surface area contributed by atoms with Crippen LogP contribution in [0.5, 0.6) is 0 Å². The Bertz CT molecular complexity index is 395. The minimum atomic E-state index is -0.560. The monoisotopic (exact) mass is 282 g/mol. The van der Waals surface area contributed by atoms with Crippen LogP contribution in [0.15, 0.2) is 0 Å². The Hall–Kier alpha value is -1.65. The number of carbonyl (C=O) groups excluding carboxylic acids is 5. The van der Waals surface area contributed by atoms with Crippen molar-refractivity contribution in [2.75, 3.05) is 0 Å². The fourth-order valence-corrected chi connectivity index (χ4v) is 1.64. The summed E-state index contributed by atoms with van der Waals surface area (Å²) in [6.07, 6.45) is 1.77. The molecule has 0 aliphatic heterocycles. The average molecular weight is 282 g/mol. The lowest BCUT2D eigenvalue weighted by Crippen LogP contribution is -2.12. The second kappa shape index (κ2) is 10.2. The summed E-state index contributed by atoms with van der Waals surface area (Å²) in [6, 6.07) is 0. The molecule has 0 aliphatic rings. The van der Waals surface area contributed by atoms with E-state index in [0.29, 0.717) is 6.42 Å². The molecule has 0 atom stereocenters. The molecule has 0 fully saturated rings. The first-order valence-electron chi connectivity index (χ1n) is 6.95. The Kier molecular flexibility index (Phi) is 9.34. The molecule has 0 aromatic heterocycles. The summed E-state index contributed by atoms with van der Waals surface area (Å²) in [5.41, 5.74) is 0. The van der Waals surface area contributed by atoms with Crippen LogP contribution in [-0.2, 0) is 24.0 Å². The van der Waals surface area contributed by atoms with Gasteiger partial charge in [0.15, 0.2) is 11.6 Å². The molecule has 0 N–H and O–H groups in total. The maximum Gasteiger partial charge on any atom is 0.198 e. The molecule has 0 radical (unpaired) electrons. The minimum absolute atomic E-state index is 0.000455. The molecule has 20 heavy (non-hydrogen) atoms. The van der Waals surface area contributed by atoms with Crippen LogP contribution in [0.2, 0.25) is 0 Å². The summed E-state index contributed by atoms with van der Waals surface area (Å²) in [7, 11) is 0. The molecule has 5 nitrogen and oxygen atoms in total. The van der Waals surface area contributed by atoms with Crippen molar-refractivity contribution in [2.45, 2.75) is 65.2 Å². The highest BCUT2D eigenvalue weighted by atomic mass is 16.2. The van der Waals surface area contributed by atoms with Gasteiger partial charge in [-0.25, -0.2) is 0 Å². The lowest BCUT2D eigenvalue weighted by Gasteiger charge is -2.01. The quantitative estimate of drug-likeness (QED) is 0.511. The topological polar surface area (TPSA) is 85.3 Å². The standard InChI is InChI=1S/C15H22O5/c1-3-4-12(17)5-6-13(18)7-8-14(19)9-10-15(20)11(2)16/h3-10H2,1-2H3. The molecule has 112 valence electrons. The van der Waals surface area contributed by atoms with E-state index in [2.05, 4.69) is 0 Å². The van der Waals surface area contributed by atoms with Gasteiger partial charge in [-0.05, 0) is 6.42 Å². The van der Waals surface area contributed by atoms with E-state index >= 15 is 0 Å². The van der Waals surface area contributed by atoms with Crippen LogP contribution < -0.4 is 0 Å². The highest BCUT2D eigenvalue weighted by Gasteiger charge is 2.13. The van der Waals surface area contributed by atoms with Crippen LogP contribution in [0.4, 0.5) is 0 Å². The van der Waals surface area contributed by atoms with Crippen LogP contribution >= 0.6 is 0 Å². The number of carbonyl (C=O) groups is 5. The van der Waals surface area contributed by atoms with Crippen molar-refractivity contribution < 1.29 is 24.0 Å². The highest BCUT2D eigenvalue weighted by molar-refractivity contribution is 6.36. The van der Waals surface area contributed by atoms with E-state index in [4.69, 9.17) is 0 Å². The molecule has 0 saturated carbocycles. The predicted octanol–water partition coefficient (Wildman–Crippen LogP) is 1.99. The molecule has 0 aromatic rings. The van der Waals surface area contributed by atoms with Gasteiger partial charge in [-0.2, -0.15) is 0 Å². The Balaban J connectivity index is 3.78. The fourth-order valence-electron chi connectivity index (χ4n) is 1.64. The van der Waals surface area contributed by atoms with Crippen LogP contribution in [0, 0.1) is 0 Å². The lowest BCUT2D eigenvalue weighted by atomic mass is 10.0. The molecule has 0 aromatic carbocycles. The van der Waals surface area contributed by atoms with Crippen molar-refractivity contribution in [1.29, 1.82) is 0 Å². The summed E-state index contributed by atoms with van der Waals surface area (Å²) in [5.74, 6) is -1.36. The number of Topliss-reactive ketones (excluding diaryl/α,β-unsaturated/α-hetero) is 5. The van der Waals surface area contributed by atoms with Gasteiger partial charge in [-0.1, -0.05) is 6.92 Å². The third kappa shape index (κ3) is 9.30. The van der Waals surface area contributed by atoms with Crippen molar-refractivity contribution in [3.05, 3.63) is 0 Å². The fraction of sp³-hybridized carbons (Fsp3) is 0.667. The maximum absolute atomic E-state index is 11.5. The molecule has 0 rings (SSSR count). The predicted molar refractivity (Wildman–Crippen MR) is 73.3 cm³/mol. The summed E-state index contributed by atoms with van der Waals surface area (Å²) in [6.45, 7) is 3.07. The van der Waals surface area contributed by atoms with Gasteiger partial charge in [0.05, 0.1) is 0 Å². The number of hydrogen-bond donors (Lipinski definition) is 0. The first-order chi connectivity index (χ1) is 9.36. The maximum atomic E-state index is 11.5. The molecule has 5 heteroatoms. The second-order valence-electron chi connectivity index (χ2n) is 4.85. The second-order valence-corrected chi connectivity index (χ2v) is 4.85. The van der Waals surface area contributed by atoms with Crippen LogP contribution in [0.1, 0.15) is 65.2 Å². The zero-order chi connectivity index (χ0) is 15.5. The molecule has 0 unspecified atom stereocenters. The summed E-state index contributed by atoms with van der Waals surface area (Å²) >= 11 is 0. The van der Waals surface area contributed by atoms with Crippen LogP contribution in [0.3, 0.4) is 0 Å². The SMILES string of the molecule is CCCC(=O)CCC(=O)CCC(=O)CCC(=O)C(C)=O. The molecular formula is C15H22O5. The van der Waals surface area contributed by atoms with Gasteiger partial charge < -0.3 is 0 Å². The van der Waals surface area contributed by atoms with Gasteiger partial charge in [0.1, 0.15) is 17.3 Å². The van der Waals surface area contributed by atoms with Crippen LogP contribution in [-0.4, -0.2) is 28.9 Å². The molecule has 0 heterocycles. The largest absolute Gasteiger partial charge is 0.300 e. The Labute approximate surface area is 119 Å². The summed E-state index contributed by atoms with van der Waals surface area (Å²) in [5, 5.41) is 0. The smallest absolute Gasteiger partial charge is 0.198 e. The van der Waals surface area contributed by atoms with Gasteiger partial charge in [-0.3, -0.25) is 24.0 Å². The number of hydrogen-bond acceptors (Lipinski definition) is 5. The Morgan fingerprint density at radius 1 is 0.600 bits per heavy atom. The van der Waals surface area contributed by atoms with E-state index in [1.54, 1.807) is 0 Å². The van der Waals surface area contributed by atoms with Gasteiger partial charge in [0.25, 0.3) is 0 Å². The van der Waals surface area contributed by atoms with Crippen molar-refractivity contribution in [3.8, 4) is 0 Å². The van der Waals surface area contributed by atoms with Crippen LogP contribution in [0.25, 0.3) is 0 Å². The van der Waals surface area contributed by atoms with Crippen molar-refractivity contribution in [3.63, 3.8) is 0 Å². The Morgan fingerprint density at radius 3 is 1.30 bits per heavy atom. The zero-order valence-electron chi connectivity index (χ0n) is 12.2. The van der Waals surface area contributed by atoms with E-state index in [1.807, 2.05) is 6.92 Å². The molecule has 0 spiro atoms. The third-order valence-corrected chi connectivity index (χ3v) is 2.92. The first kappa shape index (κ1) is 18.4. The number of rotatable bonds is 12. The molecule has 0 amide bonds. The van der Waals surface area contributed by atoms with E-state index < -0.39 is 11.6 Å². The van der Waals surface area contributed by atoms with E-state index in [-0.39, 0.29) is 55.9 Å². The molecule has 0 saturated heterocycles.